The fourth-order valence-corrected chi connectivity index (χ4v) is 2.15. The Morgan fingerprint density at radius 2 is 2.00 bits per heavy atom. The highest BCUT2D eigenvalue weighted by Gasteiger charge is 2.15. The van der Waals surface area contributed by atoms with Crippen molar-refractivity contribution in [2.75, 3.05) is 12.1 Å². The Hall–Kier alpha value is -2.66. The van der Waals surface area contributed by atoms with Crippen LogP contribution in [-0.4, -0.2) is 17.7 Å². The molecule has 1 aliphatic heterocycles. The first kappa shape index (κ1) is 14.3. The molecule has 2 aromatic carbocycles. The summed E-state index contributed by atoms with van der Waals surface area (Å²) in [7, 11) is 0. The van der Waals surface area contributed by atoms with Gasteiger partial charge >= 0.3 is 0 Å². The summed E-state index contributed by atoms with van der Waals surface area (Å²) < 4.78 is 10.4. The maximum Gasteiger partial charge on any atom is 0.231 e. The number of ketones is 1. The Bertz CT molecular complexity index is 758. The summed E-state index contributed by atoms with van der Waals surface area (Å²) in [4.78, 5) is 12.1. The van der Waals surface area contributed by atoms with Gasteiger partial charge < -0.3 is 19.9 Å². The van der Waals surface area contributed by atoms with E-state index in [9.17, 15) is 9.90 Å². The smallest absolute Gasteiger partial charge is 0.231 e. The van der Waals surface area contributed by atoms with Crippen molar-refractivity contribution in [3.05, 3.63) is 59.3 Å². The number of anilines is 1. The van der Waals surface area contributed by atoms with Crippen molar-refractivity contribution in [2.45, 2.75) is 0 Å². The zero-order valence-electron chi connectivity index (χ0n) is 11.4. The van der Waals surface area contributed by atoms with Crippen LogP contribution in [0, 0.1) is 0 Å². The third-order valence-electron chi connectivity index (χ3n) is 3.09. The van der Waals surface area contributed by atoms with Crippen LogP contribution in [0.2, 0.25) is 5.02 Å². The molecule has 2 N–H and O–H groups in total. The highest BCUT2D eigenvalue weighted by molar-refractivity contribution is 6.30. The Morgan fingerprint density at radius 1 is 1.18 bits per heavy atom. The first-order valence-corrected chi connectivity index (χ1v) is 6.87. The van der Waals surface area contributed by atoms with Crippen molar-refractivity contribution in [3.8, 4) is 17.2 Å². The van der Waals surface area contributed by atoms with Gasteiger partial charge in [-0.05, 0) is 36.4 Å². The molecule has 0 radical (unpaired) electrons. The van der Waals surface area contributed by atoms with Gasteiger partial charge in [-0.15, -0.1) is 0 Å². The lowest BCUT2D eigenvalue weighted by Gasteiger charge is -2.04. The molecule has 0 amide bonds. The van der Waals surface area contributed by atoms with Crippen molar-refractivity contribution in [1.82, 2.24) is 0 Å². The monoisotopic (exact) mass is 317 g/mol. The molecule has 1 aliphatic rings. The van der Waals surface area contributed by atoms with E-state index in [1.807, 2.05) is 0 Å². The molecule has 0 atom stereocenters. The second-order valence-electron chi connectivity index (χ2n) is 4.57. The van der Waals surface area contributed by atoms with Crippen LogP contribution in [0.3, 0.4) is 0 Å². The number of fused-ring (bicyclic) bond motifs is 1. The highest BCUT2D eigenvalue weighted by atomic mass is 35.5. The molecule has 22 heavy (non-hydrogen) atoms. The summed E-state index contributed by atoms with van der Waals surface area (Å²) in [5.41, 5.74) is 0.903. The molecule has 5 nitrogen and oxygen atoms in total. The largest absolute Gasteiger partial charge is 0.506 e. The first-order chi connectivity index (χ1) is 10.6. The Morgan fingerprint density at radius 3 is 2.86 bits per heavy atom. The minimum absolute atomic E-state index is 0.0459. The molecule has 0 aromatic heterocycles. The van der Waals surface area contributed by atoms with Gasteiger partial charge in [-0.1, -0.05) is 11.6 Å². The molecule has 1 heterocycles. The Kier molecular flexibility index (Phi) is 3.89. The van der Waals surface area contributed by atoms with Crippen molar-refractivity contribution < 1.29 is 19.4 Å². The minimum atomic E-state index is -0.202. The van der Waals surface area contributed by atoms with Gasteiger partial charge in [-0.2, -0.15) is 0 Å². The predicted molar refractivity (Wildman–Crippen MR) is 82.8 cm³/mol. The average Bonchev–Trinajstić information content (AvgIpc) is 2.98. The fraction of sp³-hybridized carbons (Fsp3) is 0.0625. The summed E-state index contributed by atoms with van der Waals surface area (Å²) >= 11 is 5.84. The maximum atomic E-state index is 12.1. The number of hydrogen-bond acceptors (Lipinski definition) is 5. The Labute approximate surface area is 131 Å². The molecule has 0 saturated heterocycles. The first-order valence-electron chi connectivity index (χ1n) is 6.49. The molecule has 0 unspecified atom stereocenters. The van der Waals surface area contributed by atoms with E-state index < -0.39 is 0 Å². The van der Waals surface area contributed by atoms with Gasteiger partial charge in [-0.25, -0.2) is 0 Å². The summed E-state index contributed by atoms with van der Waals surface area (Å²) in [6.07, 6.45) is 2.80. The van der Waals surface area contributed by atoms with Gasteiger partial charge in [0, 0.05) is 22.9 Å². The normalized spacial score (nSPS) is 12.6. The average molecular weight is 318 g/mol. The number of ether oxygens (including phenoxy) is 2. The van der Waals surface area contributed by atoms with Gasteiger partial charge in [0.2, 0.25) is 6.79 Å². The van der Waals surface area contributed by atoms with Gasteiger partial charge in [0.15, 0.2) is 17.3 Å². The zero-order chi connectivity index (χ0) is 15.5. The molecule has 3 rings (SSSR count). The lowest BCUT2D eigenvalue weighted by Crippen LogP contribution is -1.96. The predicted octanol–water partition coefficient (Wildman–Crippen LogP) is 3.58. The molecule has 0 saturated carbocycles. The number of phenolic OH excluding ortho intramolecular Hbond substituents is 1. The molecule has 0 spiro atoms. The van der Waals surface area contributed by atoms with Gasteiger partial charge in [0.1, 0.15) is 5.75 Å². The van der Waals surface area contributed by atoms with Crippen LogP contribution >= 0.6 is 11.6 Å². The molecule has 0 aliphatic carbocycles. The maximum absolute atomic E-state index is 12.1. The van der Waals surface area contributed by atoms with E-state index in [1.54, 1.807) is 30.3 Å². The number of carbonyl (C=O) groups is 1. The van der Waals surface area contributed by atoms with Gasteiger partial charge in [0.25, 0.3) is 0 Å². The quantitative estimate of drug-likeness (QED) is 0.512. The van der Waals surface area contributed by atoms with Crippen molar-refractivity contribution in [2.24, 2.45) is 0 Å². The molecule has 0 fully saturated rings. The number of rotatable bonds is 4. The number of halogens is 1. The number of hydrogen-bond donors (Lipinski definition) is 2. The number of nitrogens with one attached hydrogen (secondary N) is 1. The van der Waals surface area contributed by atoms with Crippen molar-refractivity contribution in [1.29, 1.82) is 0 Å². The SMILES string of the molecule is O=C(/C=C/Nc1cc(Cl)ccc1O)c1ccc2c(c1)OCO2. The number of allylic oxidation sites excluding steroid dienone is 1. The number of aromatic hydroxyl groups is 1. The summed E-state index contributed by atoms with van der Waals surface area (Å²) in [5.74, 6) is 1.03. The zero-order valence-corrected chi connectivity index (χ0v) is 12.1. The molecular formula is C16H12ClNO4. The van der Waals surface area contributed by atoms with Crippen LogP contribution in [0.25, 0.3) is 0 Å². The van der Waals surface area contributed by atoms with Gasteiger partial charge in [0.05, 0.1) is 5.69 Å². The molecular weight excluding hydrogens is 306 g/mol. The molecule has 0 bridgehead atoms. The third-order valence-corrected chi connectivity index (χ3v) is 3.32. The minimum Gasteiger partial charge on any atom is -0.506 e. The second-order valence-corrected chi connectivity index (χ2v) is 5.01. The lowest BCUT2D eigenvalue weighted by atomic mass is 10.1. The van der Waals surface area contributed by atoms with E-state index in [2.05, 4.69) is 5.32 Å². The molecule has 112 valence electrons. The number of phenols is 1. The van der Waals surface area contributed by atoms with E-state index in [4.69, 9.17) is 21.1 Å². The highest BCUT2D eigenvalue weighted by Crippen LogP contribution is 2.32. The van der Waals surface area contributed by atoms with Crippen LogP contribution in [-0.2, 0) is 0 Å². The lowest BCUT2D eigenvalue weighted by molar-refractivity contribution is 0.104. The number of carbonyl (C=O) groups excluding carboxylic acids is 1. The van der Waals surface area contributed by atoms with Crippen LogP contribution in [0.4, 0.5) is 5.69 Å². The Balaban J connectivity index is 1.70. The third kappa shape index (κ3) is 2.99. The van der Waals surface area contributed by atoms with Crippen LogP contribution in [0.5, 0.6) is 17.2 Å². The fourth-order valence-electron chi connectivity index (χ4n) is 1.98. The topological polar surface area (TPSA) is 67.8 Å². The van der Waals surface area contributed by atoms with Crippen molar-refractivity contribution in [3.63, 3.8) is 0 Å². The van der Waals surface area contributed by atoms with E-state index in [-0.39, 0.29) is 18.3 Å². The van der Waals surface area contributed by atoms with Crippen LogP contribution in [0.15, 0.2) is 48.7 Å². The van der Waals surface area contributed by atoms with Crippen LogP contribution in [0.1, 0.15) is 10.4 Å². The van der Waals surface area contributed by atoms with E-state index in [0.717, 1.165) is 0 Å². The molecule has 2 aromatic rings. The van der Waals surface area contributed by atoms with Crippen LogP contribution < -0.4 is 14.8 Å². The van der Waals surface area contributed by atoms with E-state index >= 15 is 0 Å². The van der Waals surface area contributed by atoms with E-state index in [0.29, 0.717) is 27.8 Å². The van der Waals surface area contributed by atoms with Gasteiger partial charge in [-0.3, -0.25) is 4.79 Å². The summed E-state index contributed by atoms with van der Waals surface area (Å²) in [5, 5.41) is 12.9. The van der Waals surface area contributed by atoms with E-state index in [1.165, 1.54) is 18.3 Å². The van der Waals surface area contributed by atoms with Crippen molar-refractivity contribution >= 4 is 23.1 Å². The summed E-state index contributed by atoms with van der Waals surface area (Å²) in [6, 6.07) is 9.59. The standard InChI is InChI=1S/C16H12ClNO4/c17-11-2-3-14(20)12(8-11)18-6-5-13(19)10-1-4-15-16(7-10)22-9-21-15/h1-8,18,20H,9H2/b6-5+. The molecule has 6 heteroatoms. The number of benzene rings is 2. The second kappa shape index (κ2) is 5.99. The summed E-state index contributed by atoms with van der Waals surface area (Å²) in [6.45, 7) is 0.165.